The highest BCUT2D eigenvalue weighted by molar-refractivity contribution is 7.80. The fourth-order valence-corrected chi connectivity index (χ4v) is 2.69. The summed E-state index contributed by atoms with van der Waals surface area (Å²) in [6.45, 7) is 0.301. The number of hydrogen-bond donors (Lipinski definition) is 2. The van der Waals surface area contributed by atoms with Crippen molar-refractivity contribution < 1.29 is 9.53 Å². The third-order valence-electron chi connectivity index (χ3n) is 3.66. The Morgan fingerprint density at radius 3 is 2.50 bits per heavy atom. The molecule has 1 amide bonds. The van der Waals surface area contributed by atoms with Crippen LogP contribution < -0.4 is 11.1 Å². The predicted octanol–water partition coefficient (Wildman–Crippen LogP) is 2.76. The van der Waals surface area contributed by atoms with E-state index in [1.807, 2.05) is 30.3 Å². The van der Waals surface area contributed by atoms with E-state index in [9.17, 15) is 4.79 Å². The molecule has 3 N–H and O–H groups in total. The average molecular weight is 292 g/mol. The van der Waals surface area contributed by atoms with Gasteiger partial charge in [0.25, 0.3) is 0 Å². The topological polar surface area (TPSA) is 64.3 Å². The lowest BCUT2D eigenvalue weighted by Gasteiger charge is -2.28. The summed E-state index contributed by atoms with van der Waals surface area (Å²) in [5, 5.41) is 2.90. The Balaban J connectivity index is 1.69. The largest absolute Gasteiger partial charge is 0.445 e. The van der Waals surface area contributed by atoms with Crippen molar-refractivity contribution in [1.82, 2.24) is 5.32 Å². The van der Waals surface area contributed by atoms with Gasteiger partial charge in [0.1, 0.15) is 6.61 Å². The Morgan fingerprint density at radius 2 is 1.90 bits per heavy atom. The van der Waals surface area contributed by atoms with Gasteiger partial charge in [0.2, 0.25) is 0 Å². The molecule has 0 spiro atoms. The molecule has 20 heavy (non-hydrogen) atoms. The van der Waals surface area contributed by atoms with Crippen LogP contribution in [0.3, 0.4) is 0 Å². The van der Waals surface area contributed by atoms with Crippen molar-refractivity contribution in [1.29, 1.82) is 0 Å². The maximum Gasteiger partial charge on any atom is 0.407 e. The normalized spacial score (nSPS) is 22.0. The number of hydrogen-bond acceptors (Lipinski definition) is 3. The molecular weight excluding hydrogens is 272 g/mol. The van der Waals surface area contributed by atoms with Gasteiger partial charge in [0.15, 0.2) is 0 Å². The molecule has 1 aromatic rings. The third kappa shape index (κ3) is 4.49. The Labute approximate surface area is 124 Å². The second-order valence-electron chi connectivity index (χ2n) is 5.16. The van der Waals surface area contributed by atoms with Gasteiger partial charge in [-0.1, -0.05) is 42.5 Å². The van der Waals surface area contributed by atoms with Crippen LogP contribution in [0.15, 0.2) is 30.3 Å². The molecule has 0 saturated heterocycles. The molecule has 1 aliphatic carbocycles. The number of ether oxygens (including phenoxy) is 1. The smallest absolute Gasteiger partial charge is 0.407 e. The van der Waals surface area contributed by atoms with Gasteiger partial charge in [0.05, 0.1) is 4.99 Å². The van der Waals surface area contributed by atoms with Gasteiger partial charge >= 0.3 is 6.09 Å². The number of benzene rings is 1. The summed E-state index contributed by atoms with van der Waals surface area (Å²) < 4.78 is 5.20. The fraction of sp³-hybridized carbons (Fsp3) is 0.467. The summed E-state index contributed by atoms with van der Waals surface area (Å²) in [5.74, 6) is 0.323. The van der Waals surface area contributed by atoms with E-state index < -0.39 is 0 Å². The van der Waals surface area contributed by atoms with Crippen LogP contribution in [0.2, 0.25) is 0 Å². The molecule has 1 aromatic carbocycles. The molecule has 1 saturated carbocycles. The van der Waals surface area contributed by atoms with E-state index in [0.717, 1.165) is 31.2 Å². The lowest BCUT2D eigenvalue weighted by Crippen LogP contribution is -2.39. The Hall–Kier alpha value is -1.62. The van der Waals surface area contributed by atoms with Crippen LogP contribution in [0, 0.1) is 5.92 Å². The van der Waals surface area contributed by atoms with E-state index in [4.69, 9.17) is 22.7 Å². The van der Waals surface area contributed by atoms with Crippen molar-refractivity contribution in [3.8, 4) is 0 Å². The number of thiocarbonyl (C=S) groups is 1. The van der Waals surface area contributed by atoms with Crippen molar-refractivity contribution in [3.63, 3.8) is 0 Å². The minimum absolute atomic E-state index is 0.170. The van der Waals surface area contributed by atoms with E-state index in [2.05, 4.69) is 5.32 Å². The summed E-state index contributed by atoms with van der Waals surface area (Å²) in [5.41, 5.74) is 6.63. The van der Waals surface area contributed by atoms with Crippen LogP contribution >= 0.6 is 12.2 Å². The van der Waals surface area contributed by atoms with Gasteiger partial charge in [-0.05, 0) is 31.2 Å². The predicted molar refractivity (Wildman–Crippen MR) is 82.3 cm³/mol. The molecule has 0 radical (unpaired) electrons. The van der Waals surface area contributed by atoms with E-state index in [1.165, 1.54) is 0 Å². The van der Waals surface area contributed by atoms with Crippen LogP contribution in [0.25, 0.3) is 0 Å². The number of amides is 1. The second kappa shape index (κ2) is 7.24. The molecule has 0 bridgehead atoms. The molecule has 0 unspecified atom stereocenters. The van der Waals surface area contributed by atoms with Crippen molar-refractivity contribution >= 4 is 23.3 Å². The minimum atomic E-state index is -0.354. The summed E-state index contributed by atoms with van der Waals surface area (Å²) in [6.07, 6.45) is 3.34. The molecule has 0 heterocycles. The molecule has 4 nitrogen and oxygen atoms in total. The first-order valence-electron chi connectivity index (χ1n) is 6.91. The standard InChI is InChI=1S/C15H20N2O2S/c16-14(20)12-6-8-13(9-7-12)17-15(18)19-10-11-4-2-1-3-5-11/h1-5,12-13H,6-10H2,(H2,16,20)(H,17,18). The Bertz CT molecular complexity index is 456. The molecule has 0 aromatic heterocycles. The zero-order chi connectivity index (χ0) is 14.4. The number of carbonyl (C=O) groups excluding carboxylic acids is 1. The zero-order valence-electron chi connectivity index (χ0n) is 11.4. The first kappa shape index (κ1) is 14.8. The molecule has 1 fully saturated rings. The van der Waals surface area contributed by atoms with Crippen LogP contribution in [0.4, 0.5) is 4.79 Å². The monoisotopic (exact) mass is 292 g/mol. The van der Waals surface area contributed by atoms with Gasteiger partial charge in [-0.2, -0.15) is 0 Å². The molecule has 2 rings (SSSR count). The van der Waals surface area contributed by atoms with Crippen LogP contribution in [0.1, 0.15) is 31.2 Å². The maximum absolute atomic E-state index is 11.7. The van der Waals surface area contributed by atoms with Crippen molar-refractivity contribution in [2.45, 2.75) is 38.3 Å². The SMILES string of the molecule is NC(=S)C1CCC(NC(=O)OCc2ccccc2)CC1. The van der Waals surface area contributed by atoms with E-state index in [0.29, 0.717) is 17.5 Å². The quantitative estimate of drug-likeness (QED) is 0.838. The van der Waals surface area contributed by atoms with E-state index in [1.54, 1.807) is 0 Å². The second-order valence-corrected chi connectivity index (χ2v) is 5.63. The molecule has 1 aliphatic rings. The lowest BCUT2D eigenvalue weighted by atomic mass is 9.86. The van der Waals surface area contributed by atoms with Crippen LogP contribution in [0.5, 0.6) is 0 Å². The average Bonchev–Trinajstić information content (AvgIpc) is 2.47. The molecule has 5 heteroatoms. The molecule has 0 atom stereocenters. The van der Waals surface area contributed by atoms with Gasteiger partial charge in [-0.3, -0.25) is 0 Å². The highest BCUT2D eigenvalue weighted by Gasteiger charge is 2.24. The lowest BCUT2D eigenvalue weighted by molar-refractivity contribution is 0.132. The highest BCUT2D eigenvalue weighted by Crippen LogP contribution is 2.24. The van der Waals surface area contributed by atoms with Crippen molar-refractivity contribution in [2.75, 3.05) is 0 Å². The third-order valence-corrected chi connectivity index (χ3v) is 4.00. The summed E-state index contributed by atoms with van der Waals surface area (Å²) >= 11 is 5.00. The van der Waals surface area contributed by atoms with Gasteiger partial charge < -0.3 is 15.8 Å². The molecule has 108 valence electrons. The summed E-state index contributed by atoms with van der Waals surface area (Å²) in [4.78, 5) is 12.3. The zero-order valence-corrected chi connectivity index (χ0v) is 12.2. The van der Waals surface area contributed by atoms with Gasteiger partial charge in [0, 0.05) is 12.0 Å². The van der Waals surface area contributed by atoms with E-state index in [-0.39, 0.29) is 12.1 Å². The summed E-state index contributed by atoms with van der Waals surface area (Å²) in [6, 6.07) is 9.82. The van der Waals surface area contributed by atoms with E-state index >= 15 is 0 Å². The van der Waals surface area contributed by atoms with Gasteiger partial charge in [-0.15, -0.1) is 0 Å². The van der Waals surface area contributed by atoms with Crippen molar-refractivity contribution in [3.05, 3.63) is 35.9 Å². The number of carbonyl (C=O) groups is 1. The first-order valence-corrected chi connectivity index (χ1v) is 7.32. The number of nitrogens with two attached hydrogens (primary N) is 1. The highest BCUT2D eigenvalue weighted by atomic mass is 32.1. The summed E-state index contributed by atoms with van der Waals surface area (Å²) in [7, 11) is 0. The Kier molecular flexibility index (Phi) is 5.35. The fourth-order valence-electron chi connectivity index (χ4n) is 2.45. The Morgan fingerprint density at radius 1 is 1.25 bits per heavy atom. The van der Waals surface area contributed by atoms with Gasteiger partial charge in [-0.25, -0.2) is 4.79 Å². The van der Waals surface area contributed by atoms with Crippen LogP contribution in [-0.2, 0) is 11.3 Å². The minimum Gasteiger partial charge on any atom is -0.445 e. The van der Waals surface area contributed by atoms with Crippen molar-refractivity contribution in [2.24, 2.45) is 11.7 Å². The number of alkyl carbamates (subject to hydrolysis) is 1. The number of rotatable bonds is 4. The number of nitrogens with one attached hydrogen (secondary N) is 1. The molecular formula is C15H20N2O2S. The maximum atomic E-state index is 11.7. The van der Waals surface area contributed by atoms with Crippen LogP contribution in [-0.4, -0.2) is 17.1 Å². The molecule has 0 aliphatic heterocycles. The first-order chi connectivity index (χ1) is 9.65.